The third kappa shape index (κ3) is 1.72. The van der Waals surface area contributed by atoms with Gasteiger partial charge < -0.3 is 5.73 Å². The Morgan fingerprint density at radius 3 is 2.80 bits per heavy atom. The maximum atomic E-state index is 6.09. The fourth-order valence-corrected chi connectivity index (χ4v) is 3.49. The summed E-state index contributed by atoms with van der Waals surface area (Å²) in [5, 5.41) is 3.12. The summed E-state index contributed by atoms with van der Waals surface area (Å²) >= 11 is 9.09. The van der Waals surface area contributed by atoms with Crippen LogP contribution in [-0.4, -0.2) is 4.98 Å². The molecular weight excluding hydrogens is 248 g/mol. The zero-order valence-corrected chi connectivity index (χ0v) is 10.3. The zero-order chi connectivity index (χ0) is 10.5. The lowest BCUT2D eigenvalue weighted by Gasteiger charge is -2.01. The highest BCUT2D eigenvalue weighted by Crippen LogP contribution is 2.45. The van der Waals surface area contributed by atoms with Crippen LogP contribution in [0.4, 0.5) is 0 Å². The van der Waals surface area contributed by atoms with Crippen molar-refractivity contribution in [3.8, 4) is 10.6 Å². The van der Waals surface area contributed by atoms with Gasteiger partial charge in [-0.2, -0.15) is 0 Å². The molecule has 0 spiro atoms. The maximum Gasteiger partial charge on any atom is 0.113 e. The first-order valence-electron chi connectivity index (χ1n) is 4.68. The van der Waals surface area contributed by atoms with E-state index in [-0.39, 0.29) is 5.54 Å². The minimum absolute atomic E-state index is 0.121. The second-order valence-electron chi connectivity index (χ2n) is 3.80. The molecule has 1 aliphatic rings. The molecule has 1 fully saturated rings. The highest BCUT2D eigenvalue weighted by Gasteiger charge is 2.42. The van der Waals surface area contributed by atoms with E-state index in [1.807, 2.05) is 12.1 Å². The van der Waals surface area contributed by atoms with Gasteiger partial charge in [0.05, 0.1) is 20.4 Å². The van der Waals surface area contributed by atoms with Gasteiger partial charge in [-0.05, 0) is 25.0 Å². The largest absolute Gasteiger partial charge is 0.319 e. The molecule has 5 heteroatoms. The maximum absolute atomic E-state index is 6.09. The van der Waals surface area contributed by atoms with Crippen molar-refractivity contribution in [3.05, 3.63) is 26.9 Å². The molecule has 3 rings (SSSR count). The molecule has 0 aromatic carbocycles. The molecule has 15 heavy (non-hydrogen) atoms. The van der Waals surface area contributed by atoms with Crippen molar-refractivity contribution in [1.82, 2.24) is 4.98 Å². The van der Waals surface area contributed by atoms with E-state index in [1.165, 1.54) is 0 Å². The quantitative estimate of drug-likeness (QED) is 0.894. The molecule has 2 heterocycles. The summed E-state index contributed by atoms with van der Waals surface area (Å²) in [5.74, 6) is 0. The number of nitrogens with two attached hydrogens (primary N) is 1. The third-order valence-corrected chi connectivity index (χ3v) is 4.86. The minimum atomic E-state index is -0.121. The number of halogens is 1. The van der Waals surface area contributed by atoms with Crippen LogP contribution in [0.15, 0.2) is 17.5 Å². The molecule has 2 aromatic heterocycles. The van der Waals surface area contributed by atoms with Crippen molar-refractivity contribution < 1.29 is 0 Å². The van der Waals surface area contributed by atoms with Crippen LogP contribution in [0.2, 0.25) is 4.34 Å². The lowest BCUT2D eigenvalue weighted by Crippen LogP contribution is -2.18. The molecule has 0 bridgehead atoms. The van der Waals surface area contributed by atoms with Crippen molar-refractivity contribution in [2.75, 3.05) is 0 Å². The van der Waals surface area contributed by atoms with Crippen molar-refractivity contribution in [2.45, 2.75) is 18.4 Å². The Morgan fingerprint density at radius 2 is 2.20 bits per heavy atom. The van der Waals surface area contributed by atoms with Gasteiger partial charge in [-0.3, -0.25) is 0 Å². The number of thiophene rings is 1. The number of rotatable bonds is 2. The predicted octanol–water partition coefficient (Wildman–Crippen LogP) is 3.47. The van der Waals surface area contributed by atoms with Crippen molar-refractivity contribution in [1.29, 1.82) is 0 Å². The van der Waals surface area contributed by atoms with Crippen molar-refractivity contribution in [3.63, 3.8) is 0 Å². The number of nitrogens with zero attached hydrogens (tertiary/aromatic N) is 1. The Labute approximate surface area is 101 Å². The van der Waals surface area contributed by atoms with Gasteiger partial charge >= 0.3 is 0 Å². The van der Waals surface area contributed by atoms with Crippen LogP contribution in [0.1, 0.15) is 17.8 Å². The summed E-state index contributed by atoms with van der Waals surface area (Å²) in [4.78, 5) is 5.69. The number of thiazole rings is 1. The molecule has 0 atom stereocenters. The monoisotopic (exact) mass is 256 g/mol. The first kappa shape index (κ1) is 9.78. The normalized spacial score (nSPS) is 18.0. The second-order valence-corrected chi connectivity index (χ2v) is 6.37. The summed E-state index contributed by atoms with van der Waals surface area (Å²) < 4.78 is 0.799. The standard InChI is InChI=1S/C10H9ClN2S2/c11-8-2-1-7(15-8)6-5-14-9(13-6)10(12)3-4-10/h1-2,5H,3-4,12H2. The van der Waals surface area contributed by atoms with Gasteiger partial charge in [0.2, 0.25) is 0 Å². The van der Waals surface area contributed by atoms with E-state index in [2.05, 4.69) is 10.4 Å². The molecule has 0 saturated heterocycles. The summed E-state index contributed by atoms with van der Waals surface area (Å²) in [6.45, 7) is 0. The Morgan fingerprint density at radius 1 is 1.40 bits per heavy atom. The smallest absolute Gasteiger partial charge is 0.113 e. The summed E-state index contributed by atoms with van der Waals surface area (Å²) in [5.41, 5.74) is 6.97. The molecule has 1 aliphatic carbocycles. The van der Waals surface area contributed by atoms with Gasteiger partial charge in [0, 0.05) is 5.38 Å². The molecule has 0 aliphatic heterocycles. The SMILES string of the molecule is NC1(c2nc(-c3ccc(Cl)s3)cs2)CC1. The Balaban J connectivity index is 1.97. The number of hydrogen-bond acceptors (Lipinski definition) is 4. The molecule has 0 amide bonds. The molecule has 2 aromatic rings. The molecule has 2 N–H and O–H groups in total. The van der Waals surface area contributed by atoms with Gasteiger partial charge in [-0.1, -0.05) is 11.6 Å². The van der Waals surface area contributed by atoms with E-state index in [0.717, 1.165) is 32.8 Å². The molecule has 1 saturated carbocycles. The fraction of sp³-hybridized carbons (Fsp3) is 0.300. The van der Waals surface area contributed by atoms with Crippen LogP contribution in [0.25, 0.3) is 10.6 Å². The van der Waals surface area contributed by atoms with E-state index in [9.17, 15) is 0 Å². The van der Waals surface area contributed by atoms with Crippen LogP contribution >= 0.6 is 34.3 Å². The van der Waals surface area contributed by atoms with E-state index in [1.54, 1.807) is 22.7 Å². The fourth-order valence-electron chi connectivity index (χ4n) is 1.42. The van der Waals surface area contributed by atoms with Gasteiger partial charge in [0.15, 0.2) is 0 Å². The number of hydrogen-bond donors (Lipinski definition) is 1. The molecule has 2 nitrogen and oxygen atoms in total. The Hall–Kier alpha value is -0.420. The van der Waals surface area contributed by atoms with Crippen molar-refractivity contribution >= 4 is 34.3 Å². The van der Waals surface area contributed by atoms with Gasteiger partial charge in [0.25, 0.3) is 0 Å². The first-order valence-corrected chi connectivity index (χ1v) is 6.75. The van der Waals surface area contributed by atoms with E-state index in [0.29, 0.717) is 0 Å². The van der Waals surface area contributed by atoms with Crippen LogP contribution in [-0.2, 0) is 5.54 Å². The van der Waals surface area contributed by atoms with E-state index < -0.39 is 0 Å². The second kappa shape index (κ2) is 3.28. The molecule has 0 unspecified atom stereocenters. The van der Waals surface area contributed by atoms with Crippen LogP contribution in [0, 0.1) is 0 Å². The van der Waals surface area contributed by atoms with E-state index >= 15 is 0 Å². The zero-order valence-electron chi connectivity index (χ0n) is 7.87. The molecule has 78 valence electrons. The first-order chi connectivity index (χ1) is 7.17. The van der Waals surface area contributed by atoms with Crippen LogP contribution < -0.4 is 5.73 Å². The van der Waals surface area contributed by atoms with Gasteiger partial charge in [-0.25, -0.2) is 4.98 Å². The minimum Gasteiger partial charge on any atom is -0.319 e. The summed E-state index contributed by atoms with van der Waals surface area (Å²) in [6.07, 6.45) is 2.12. The van der Waals surface area contributed by atoms with Crippen molar-refractivity contribution in [2.24, 2.45) is 5.73 Å². The van der Waals surface area contributed by atoms with Gasteiger partial charge in [-0.15, -0.1) is 22.7 Å². The van der Waals surface area contributed by atoms with Crippen LogP contribution in [0.3, 0.4) is 0 Å². The average molecular weight is 257 g/mol. The lowest BCUT2D eigenvalue weighted by molar-refractivity contribution is 0.732. The molecular formula is C10H9ClN2S2. The summed E-state index contributed by atoms with van der Waals surface area (Å²) in [6, 6.07) is 3.90. The lowest BCUT2D eigenvalue weighted by atomic mass is 10.3. The highest BCUT2D eigenvalue weighted by atomic mass is 35.5. The predicted molar refractivity (Wildman–Crippen MR) is 65.5 cm³/mol. The topological polar surface area (TPSA) is 38.9 Å². The van der Waals surface area contributed by atoms with Gasteiger partial charge in [0.1, 0.15) is 5.01 Å². The highest BCUT2D eigenvalue weighted by molar-refractivity contribution is 7.19. The molecule has 0 radical (unpaired) electrons. The average Bonchev–Trinajstić information content (AvgIpc) is 2.72. The van der Waals surface area contributed by atoms with E-state index in [4.69, 9.17) is 17.3 Å². The Bertz CT molecular complexity index is 499. The summed E-state index contributed by atoms with van der Waals surface area (Å²) in [7, 11) is 0. The third-order valence-electron chi connectivity index (χ3n) is 2.54. The number of aromatic nitrogens is 1. The Kier molecular flexibility index (Phi) is 2.14. The van der Waals surface area contributed by atoms with Crippen LogP contribution in [0.5, 0.6) is 0 Å².